The Morgan fingerprint density at radius 3 is 2.64 bits per heavy atom. The second-order valence-corrected chi connectivity index (χ2v) is 3.72. The number of amides is 1. The summed E-state index contributed by atoms with van der Waals surface area (Å²) in [4.78, 5) is 14.5. The van der Waals surface area contributed by atoms with Crippen LogP contribution in [0.1, 0.15) is 28.0 Å². The lowest BCUT2D eigenvalue weighted by Crippen LogP contribution is -2.16. The van der Waals surface area contributed by atoms with E-state index in [0.717, 1.165) is 0 Å². The summed E-state index contributed by atoms with van der Waals surface area (Å²) in [5.74, 6) is -0.882. The SMILES string of the molecule is Cc1cc(C(N)=O)c(C(F)F)nc1I. The van der Waals surface area contributed by atoms with E-state index < -0.39 is 18.0 Å². The van der Waals surface area contributed by atoms with Crippen molar-refractivity contribution >= 4 is 28.5 Å². The van der Waals surface area contributed by atoms with Gasteiger partial charge in [0.15, 0.2) is 0 Å². The van der Waals surface area contributed by atoms with Crippen molar-refractivity contribution in [1.82, 2.24) is 4.98 Å². The number of hydrogen-bond acceptors (Lipinski definition) is 2. The molecular weight excluding hydrogens is 305 g/mol. The second-order valence-electron chi connectivity index (χ2n) is 2.69. The van der Waals surface area contributed by atoms with Crippen molar-refractivity contribution in [1.29, 1.82) is 0 Å². The molecule has 1 amide bonds. The summed E-state index contributed by atoms with van der Waals surface area (Å²) in [7, 11) is 0. The molecule has 1 aromatic rings. The predicted molar refractivity (Wildman–Crippen MR) is 55.2 cm³/mol. The van der Waals surface area contributed by atoms with E-state index in [1.807, 2.05) is 22.6 Å². The Kier molecular flexibility index (Phi) is 3.35. The smallest absolute Gasteiger partial charge is 0.281 e. The molecule has 0 atom stereocenters. The summed E-state index contributed by atoms with van der Waals surface area (Å²) in [6.45, 7) is 1.68. The van der Waals surface area contributed by atoms with Crippen LogP contribution in [0, 0.1) is 10.6 Å². The number of aryl methyl sites for hydroxylation is 1. The molecule has 3 nitrogen and oxygen atoms in total. The van der Waals surface area contributed by atoms with Gasteiger partial charge in [0.05, 0.1) is 5.56 Å². The zero-order valence-electron chi connectivity index (χ0n) is 7.22. The third-order valence-corrected chi connectivity index (χ3v) is 2.74. The van der Waals surface area contributed by atoms with Crippen LogP contribution < -0.4 is 5.73 Å². The Morgan fingerprint density at radius 1 is 1.64 bits per heavy atom. The topological polar surface area (TPSA) is 56.0 Å². The minimum atomic E-state index is -2.79. The fourth-order valence-electron chi connectivity index (χ4n) is 0.968. The third-order valence-electron chi connectivity index (χ3n) is 1.65. The van der Waals surface area contributed by atoms with E-state index in [1.54, 1.807) is 6.92 Å². The number of primary amides is 1. The average molecular weight is 312 g/mol. The fraction of sp³-hybridized carbons (Fsp3) is 0.250. The van der Waals surface area contributed by atoms with Crippen molar-refractivity contribution in [3.63, 3.8) is 0 Å². The van der Waals surface area contributed by atoms with Crippen molar-refractivity contribution in [2.24, 2.45) is 5.73 Å². The Bertz CT molecular complexity index is 382. The van der Waals surface area contributed by atoms with Gasteiger partial charge in [-0.2, -0.15) is 0 Å². The third kappa shape index (κ3) is 2.17. The minimum absolute atomic E-state index is 0.210. The van der Waals surface area contributed by atoms with E-state index in [2.05, 4.69) is 4.98 Å². The summed E-state index contributed by atoms with van der Waals surface area (Å²) in [5, 5.41) is 0. The Balaban J connectivity index is 3.39. The molecule has 0 aliphatic rings. The first-order valence-electron chi connectivity index (χ1n) is 3.68. The van der Waals surface area contributed by atoms with Crippen LogP contribution in [0.5, 0.6) is 0 Å². The number of nitrogens with two attached hydrogens (primary N) is 1. The highest BCUT2D eigenvalue weighted by atomic mass is 127. The molecular formula is C8H7F2IN2O. The van der Waals surface area contributed by atoms with Crippen LogP contribution in [0.15, 0.2) is 6.07 Å². The van der Waals surface area contributed by atoms with Crippen molar-refractivity contribution in [3.05, 3.63) is 26.6 Å². The quantitative estimate of drug-likeness (QED) is 0.671. The fourth-order valence-corrected chi connectivity index (χ4v) is 1.38. The van der Waals surface area contributed by atoms with Crippen LogP contribution in [-0.4, -0.2) is 10.9 Å². The second kappa shape index (κ2) is 4.16. The van der Waals surface area contributed by atoms with E-state index >= 15 is 0 Å². The van der Waals surface area contributed by atoms with Gasteiger partial charge < -0.3 is 5.73 Å². The largest absolute Gasteiger partial charge is 0.366 e. The molecule has 0 saturated heterocycles. The highest BCUT2D eigenvalue weighted by molar-refractivity contribution is 14.1. The van der Waals surface area contributed by atoms with E-state index in [9.17, 15) is 13.6 Å². The first kappa shape index (κ1) is 11.3. The highest BCUT2D eigenvalue weighted by Crippen LogP contribution is 2.23. The molecule has 0 radical (unpaired) electrons. The molecule has 2 N–H and O–H groups in total. The van der Waals surface area contributed by atoms with E-state index in [4.69, 9.17) is 5.73 Å². The van der Waals surface area contributed by atoms with E-state index in [-0.39, 0.29) is 5.56 Å². The van der Waals surface area contributed by atoms with E-state index in [0.29, 0.717) is 9.26 Å². The number of halogens is 3. The Labute approximate surface area is 92.8 Å². The highest BCUT2D eigenvalue weighted by Gasteiger charge is 2.19. The predicted octanol–water partition coefficient (Wildman–Crippen LogP) is 2.03. The molecule has 1 aromatic heterocycles. The van der Waals surface area contributed by atoms with Gasteiger partial charge in [0.25, 0.3) is 12.3 Å². The van der Waals surface area contributed by atoms with Gasteiger partial charge >= 0.3 is 0 Å². The standard InChI is InChI=1S/C8H7F2IN2O/c1-3-2-4(8(12)14)5(6(9)10)13-7(3)11/h2,6H,1H3,(H2,12,14). The lowest BCUT2D eigenvalue weighted by Gasteiger charge is -2.07. The first-order valence-corrected chi connectivity index (χ1v) is 4.76. The summed E-state index contributed by atoms with van der Waals surface area (Å²) >= 11 is 1.83. The number of pyridine rings is 1. The van der Waals surface area contributed by atoms with Gasteiger partial charge in [-0.3, -0.25) is 4.79 Å². The van der Waals surface area contributed by atoms with Gasteiger partial charge in [0.2, 0.25) is 0 Å². The first-order chi connectivity index (χ1) is 6.43. The molecule has 0 aromatic carbocycles. The lowest BCUT2D eigenvalue weighted by atomic mass is 10.1. The molecule has 0 spiro atoms. The van der Waals surface area contributed by atoms with Gasteiger partial charge in [0.1, 0.15) is 9.39 Å². The summed E-state index contributed by atoms with van der Waals surface area (Å²) < 4.78 is 25.3. The molecule has 76 valence electrons. The summed E-state index contributed by atoms with van der Waals surface area (Å²) in [6, 6.07) is 1.33. The number of nitrogens with zero attached hydrogens (tertiary/aromatic N) is 1. The number of alkyl halides is 2. The van der Waals surface area contributed by atoms with Crippen LogP contribution in [0.3, 0.4) is 0 Å². The monoisotopic (exact) mass is 312 g/mol. The van der Waals surface area contributed by atoms with Gasteiger partial charge in [0, 0.05) is 0 Å². The molecule has 0 bridgehead atoms. The number of aromatic nitrogens is 1. The van der Waals surface area contributed by atoms with Crippen LogP contribution in [0.25, 0.3) is 0 Å². The van der Waals surface area contributed by atoms with Crippen LogP contribution in [0.2, 0.25) is 0 Å². The zero-order chi connectivity index (χ0) is 10.9. The van der Waals surface area contributed by atoms with Crippen LogP contribution >= 0.6 is 22.6 Å². The van der Waals surface area contributed by atoms with Gasteiger partial charge in [-0.05, 0) is 41.1 Å². The van der Waals surface area contributed by atoms with E-state index in [1.165, 1.54) is 6.07 Å². The lowest BCUT2D eigenvalue weighted by molar-refractivity contribution is 0.0982. The molecule has 14 heavy (non-hydrogen) atoms. The number of carbonyl (C=O) groups is 1. The van der Waals surface area contributed by atoms with Crippen molar-refractivity contribution in [3.8, 4) is 0 Å². The molecule has 0 aliphatic heterocycles. The number of rotatable bonds is 2. The molecule has 1 heterocycles. The van der Waals surface area contributed by atoms with Crippen molar-refractivity contribution in [2.45, 2.75) is 13.3 Å². The normalized spacial score (nSPS) is 10.6. The molecule has 1 rings (SSSR count). The molecule has 0 saturated carbocycles. The number of hydrogen-bond donors (Lipinski definition) is 1. The van der Waals surface area contributed by atoms with Gasteiger partial charge in [-0.25, -0.2) is 13.8 Å². The van der Waals surface area contributed by atoms with Crippen molar-refractivity contribution in [2.75, 3.05) is 0 Å². The van der Waals surface area contributed by atoms with Crippen molar-refractivity contribution < 1.29 is 13.6 Å². The summed E-state index contributed by atoms with van der Waals surface area (Å²) in [6.07, 6.45) is -2.79. The molecule has 0 unspecified atom stereocenters. The average Bonchev–Trinajstić information content (AvgIpc) is 2.08. The zero-order valence-corrected chi connectivity index (χ0v) is 9.38. The van der Waals surface area contributed by atoms with Crippen LogP contribution in [0.4, 0.5) is 8.78 Å². The maximum absolute atomic E-state index is 12.4. The summed E-state index contributed by atoms with van der Waals surface area (Å²) in [5.41, 5.74) is 4.85. The maximum atomic E-state index is 12.4. The van der Waals surface area contributed by atoms with Crippen LogP contribution in [-0.2, 0) is 0 Å². The molecule has 0 fully saturated rings. The molecule has 0 aliphatic carbocycles. The maximum Gasteiger partial charge on any atom is 0.281 e. The molecule has 6 heteroatoms. The van der Waals surface area contributed by atoms with Gasteiger partial charge in [-0.15, -0.1) is 0 Å². The van der Waals surface area contributed by atoms with Gasteiger partial charge in [-0.1, -0.05) is 0 Å². The Morgan fingerprint density at radius 2 is 2.21 bits per heavy atom. The number of carbonyl (C=O) groups excluding carboxylic acids is 1. The Hall–Kier alpha value is -0.790. The minimum Gasteiger partial charge on any atom is -0.366 e.